The van der Waals surface area contributed by atoms with Gasteiger partial charge >= 0.3 is 0 Å². The predicted molar refractivity (Wildman–Crippen MR) is 79.7 cm³/mol. The Bertz CT molecular complexity index is 491. The lowest BCUT2D eigenvalue weighted by atomic mass is 10.1. The van der Waals surface area contributed by atoms with Crippen LogP contribution >= 0.6 is 0 Å². The summed E-state index contributed by atoms with van der Waals surface area (Å²) in [6.45, 7) is 5.30. The molecule has 0 saturated carbocycles. The third-order valence-electron chi connectivity index (χ3n) is 3.58. The van der Waals surface area contributed by atoms with Crippen LogP contribution in [0.3, 0.4) is 0 Å². The molecular weight excluding hydrogens is 252 g/mol. The van der Waals surface area contributed by atoms with Gasteiger partial charge in [0, 0.05) is 19.0 Å². The molecule has 0 radical (unpaired) electrons. The number of amides is 2. The van der Waals surface area contributed by atoms with Crippen LogP contribution in [0.15, 0.2) is 24.3 Å². The SMILES string of the molecule is CC(C)C(=O)Nc1ccccc1C(=O)N1CCCCC1. The van der Waals surface area contributed by atoms with E-state index in [0.29, 0.717) is 11.3 Å². The first-order valence-corrected chi connectivity index (χ1v) is 7.29. The van der Waals surface area contributed by atoms with Gasteiger partial charge in [-0.15, -0.1) is 0 Å². The number of nitrogens with one attached hydrogen (secondary N) is 1. The minimum Gasteiger partial charge on any atom is -0.339 e. The number of hydrogen-bond acceptors (Lipinski definition) is 2. The lowest BCUT2D eigenvalue weighted by Crippen LogP contribution is -2.36. The zero-order valence-corrected chi connectivity index (χ0v) is 12.2. The summed E-state index contributed by atoms with van der Waals surface area (Å²) in [4.78, 5) is 26.3. The minimum atomic E-state index is -0.104. The highest BCUT2D eigenvalue weighted by Crippen LogP contribution is 2.20. The molecule has 108 valence electrons. The number of nitrogens with zero attached hydrogens (tertiary/aromatic N) is 1. The third-order valence-corrected chi connectivity index (χ3v) is 3.58. The van der Waals surface area contributed by atoms with Crippen LogP contribution in [-0.2, 0) is 4.79 Å². The van der Waals surface area contributed by atoms with E-state index in [-0.39, 0.29) is 17.7 Å². The van der Waals surface area contributed by atoms with Crippen LogP contribution < -0.4 is 5.32 Å². The van der Waals surface area contributed by atoms with Gasteiger partial charge in [-0.1, -0.05) is 26.0 Å². The van der Waals surface area contributed by atoms with Crippen LogP contribution in [0, 0.1) is 5.92 Å². The van der Waals surface area contributed by atoms with Crippen molar-refractivity contribution in [3.63, 3.8) is 0 Å². The second kappa shape index (κ2) is 6.55. The normalized spacial score (nSPS) is 15.2. The van der Waals surface area contributed by atoms with Crippen molar-refractivity contribution in [3.8, 4) is 0 Å². The second-order valence-corrected chi connectivity index (χ2v) is 5.54. The van der Waals surface area contributed by atoms with Crippen LogP contribution in [0.4, 0.5) is 5.69 Å². The molecule has 0 aromatic heterocycles. The topological polar surface area (TPSA) is 49.4 Å². The standard InChI is InChI=1S/C16H22N2O2/c1-12(2)15(19)17-14-9-5-4-8-13(14)16(20)18-10-6-3-7-11-18/h4-5,8-9,12H,3,6-7,10-11H2,1-2H3,(H,17,19). The van der Waals surface area contributed by atoms with Crippen molar-refractivity contribution in [2.45, 2.75) is 33.1 Å². The second-order valence-electron chi connectivity index (χ2n) is 5.54. The summed E-state index contributed by atoms with van der Waals surface area (Å²) in [5, 5.41) is 2.84. The van der Waals surface area contributed by atoms with Gasteiger partial charge in [-0.3, -0.25) is 9.59 Å². The molecular formula is C16H22N2O2. The van der Waals surface area contributed by atoms with Gasteiger partial charge in [-0.25, -0.2) is 0 Å². The Morgan fingerprint density at radius 1 is 1.10 bits per heavy atom. The number of anilines is 1. The van der Waals surface area contributed by atoms with E-state index in [1.807, 2.05) is 30.9 Å². The molecule has 0 spiro atoms. The van der Waals surface area contributed by atoms with E-state index in [9.17, 15) is 9.59 Å². The van der Waals surface area contributed by atoms with E-state index in [1.54, 1.807) is 12.1 Å². The predicted octanol–water partition coefficient (Wildman–Crippen LogP) is 2.91. The van der Waals surface area contributed by atoms with Crippen LogP contribution in [0.2, 0.25) is 0 Å². The molecule has 1 saturated heterocycles. The summed E-state index contributed by atoms with van der Waals surface area (Å²) in [5.41, 5.74) is 1.20. The molecule has 0 atom stereocenters. The van der Waals surface area contributed by atoms with Crippen LogP contribution in [0.25, 0.3) is 0 Å². The number of hydrogen-bond donors (Lipinski definition) is 1. The lowest BCUT2D eigenvalue weighted by Gasteiger charge is -2.27. The number of benzene rings is 1. The van der Waals surface area contributed by atoms with Gasteiger partial charge in [0.1, 0.15) is 0 Å². The van der Waals surface area contributed by atoms with Gasteiger partial charge in [0.15, 0.2) is 0 Å². The molecule has 0 bridgehead atoms. The summed E-state index contributed by atoms with van der Waals surface area (Å²) >= 11 is 0. The summed E-state index contributed by atoms with van der Waals surface area (Å²) < 4.78 is 0. The Hall–Kier alpha value is -1.84. The largest absolute Gasteiger partial charge is 0.339 e. The van der Waals surface area contributed by atoms with E-state index in [0.717, 1.165) is 25.9 Å². The minimum absolute atomic E-state index is 0.0179. The highest BCUT2D eigenvalue weighted by Gasteiger charge is 2.21. The molecule has 1 aromatic carbocycles. The molecule has 0 unspecified atom stereocenters. The maximum absolute atomic E-state index is 12.5. The van der Waals surface area contributed by atoms with Gasteiger partial charge in [0.25, 0.3) is 5.91 Å². The summed E-state index contributed by atoms with van der Waals surface area (Å²) in [6.07, 6.45) is 3.31. The van der Waals surface area contributed by atoms with Crippen LogP contribution in [0.5, 0.6) is 0 Å². The van der Waals surface area contributed by atoms with E-state index < -0.39 is 0 Å². The zero-order chi connectivity index (χ0) is 14.5. The molecule has 1 aliphatic rings. The van der Waals surface area contributed by atoms with Gasteiger partial charge in [-0.2, -0.15) is 0 Å². The molecule has 2 amide bonds. The molecule has 2 rings (SSSR count). The number of piperidine rings is 1. The molecule has 1 N–H and O–H groups in total. The molecule has 4 nitrogen and oxygen atoms in total. The molecule has 1 fully saturated rings. The first-order valence-electron chi connectivity index (χ1n) is 7.29. The van der Waals surface area contributed by atoms with Crippen molar-refractivity contribution < 1.29 is 9.59 Å². The first-order chi connectivity index (χ1) is 9.59. The van der Waals surface area contributed by atoms with E-state index in [1.165, 1.54) is 6.42 Å². The smallest absolute Gasteiger partial charge is 0.255 e. The zero-order valence-electron chi connectivity index (χ0n) is 12.2. The van der Waals surface area contributed by atoms with E-state index in [4.69, 9.17) is 0 Å². The number of carbonyl (C=O) groups excluding carboxylic acids is 2. The molecule has 1 aromatic rings. The van der Waals surface area contributed by atoms with Gasteiger partial charge in [0.2, 0.25) is 5.91 Å². The fourth-order valence-electron chi connectivity index (χ4n) is 2.32. The summed E-state index contributed by atoms with van der Waals surface area (Å²) in [6, 6.07) is 7.25. The van der Waals surface area contributed by atoms with Crippen molar-refractivity contribution in [2.24, 2.45) is 5.92 Å². The molecule has 4 heteroatoms. The third kappa shape index (κ3) is 3.38. The van der Waals surface area contributed by atoms with E-state index in [2.05, 4.69) is 5.32 Å². The quantitative estimate of drug-likeness (QED) is 0.921. The molecule has 20 heavy (non-hydrogen) atoms. The highest BCUT2D eigenvalue weighted by molar-refractivity contribution is 6.04. The van der Waals surface area contributed by atoms with Gasteiger partial charge in [0.05, 0.1) is 11.3 Å². The Morgan fingerprint density at radius 3 is 2.40 bits per heavy atom. The van der Waals surface area contributed by atoms with Crippen molar-refractivity contribution in [2.75, 3.05) is 18.4 Å². The number of carbonyl (C=O) groups is 2. The van der Waals surface area contributed by atoms with Crippen molar-refractivity contribution in [1.29, 1.82) is 0 Å². The molecule has 1 heterocycles. The Kier molecular flexibility index (Phi) is 4.77. The summed E-state index contributed by atoms with van der Waals surface area (Å²) in [7, 11) is 0. The number of para-hydroxylation sites is 1. The fourth-order valence-corrected chi connectivity index (χ4v) is 2.32. The van der Waals surface area contributed by atoms with Crippen LogP contribution in [0.1, 0.15) is 43.5 Å². The maximum Gasteiger partial charge on any atom is 0.255 e. The maximum atomic E-state index is 12.5. The number of likely N-dealkylation sites (tertiary alicyclic amines) is 1. The Morgan fingerprint density at radius 2 is 1.75 bits per heavy atom. The molecule has 1 aliphatic heterocycles. The summed E-state index contributed by atoms with van der Waals surface area (Å²) in [5.74, 6) is -0.151. The van der Waals surface area contributed by atoms with Crippen molar-refractivity contribution >= 4 is 17.5 Å². The van der Waals surface area contributed by atoms with E-state index >= 15 is 0 Å². The average Bonchev–Trinajstić information content (AvgIpc) is 2.48. The van der Waals surface area contributed by atoms with Gasteiger partial charge in [-0.05, 0) is 31.4 Å². The number of rotatable bonds is 3. The van der Waals surface area contributed by atoms with Crippen LogP contribution in [-0.4, -0.2) is 29.8 Å². The Balaban J connectivity index is 2.18. The highest BCUT2D eigenvalue weighted by atomic mass is 16.2. The first kappa shape index (κ1) is 14.6. The fraction of sp³-hybridized carbons (Fsp3) is 0.500. The monoisotopic (exact) mass is 274 g/mol. The van der Waals surface area contributed by atoms with Crippen molar-refractivity contribution in [3.05, 3.63) is 29.8 Å². The average molecular weight is 274 g/mol. The van der Waals surface area contributed by atoms with Crippen molar-refractivity contribution in [1.82, 2.24) is 4.90 Å². The Labute approximate surface area is 120 Å². The lowest BCUT2D eigenvalue weighted by molar-refractivity contribution is -0.118. The molecule has 0 aliphatic carbocycles. The van der Waals surface area contributed by atoms with Gasteiger partial charge < -0.3 is 10.2 Å².